The Hall–Kier alpha value is -1.84. The predicted molar refractivity (Wildman–Crippen MR) is 72.0 cm³/mol. The highest BCUT2D eigenvalue weighted by Gasteiger charge is 2.18. The van der Waals surface area contributed by atoms with Gasteiger partial charge in [-0.05, 0) is 50.5 Å². The van der Waals surface area contributed by atoms with Gasteiger partial charge in [0.1, 0.15) is 12.7 Å². The Morgan fingerprint density at radius 2 is 1.67 bits per heavy atom. The van der Waals surface area contributed by atoms with Gasteiger partial charge in [-0.25, -0.2) is 0 Å². The molecule has 3 rings (SSSR count). The second-order valence-electron chi connectivity index (χ2n) is 4.92. The third kappa shape index (κ3) is 2.10. The number of piperidine rings is 1. The van der Waals surface area contributed by atoms with Crippen LogP contribution in [0.1, 0.15) is 26.2 Å². The Morgan fingerprint density at radius 3 is 2.33 bits per heavy atom. The van der Waals surface area contributed by atoms with Gasteiger partial charge in [0.2, 0.25) is 0 Å². The molecule has 1 atom stereocenters. The van der Waals surface area contributed by atoms with Gasteiger partial charge >= 0.3 is 0 Å². The van der Waals surface area contributed by atoms with Crippen LogP contribution in [0.5, 0.6) is 0 Å². The predicted octanol–water partition coefficient (Wildman–Crippen LogP) is 2.65. The summed E-state index contributed by atoms with van der Waals surface area (Å²) < 4.78 is 1.92. The molecule has 2 heterocycles. The summed E-state index contributed by atoms with van der Waals surface area (Å²) in [6, 6.07) is 9.29. The van der Waals surface area contributed by atoms with Crippen molar-refractivity contribution >= 4 is 5.69 Å². The molecule has 4 nitrogen and oxygen atoms in total. The van der Waals surface area contributed by atoms with Gasteiger partial charge < -0.3 is 4.90 Å². The van der Waals surface area contributed by atoms with Gasteiger partial charge in [0, 0.05) is 24.0 Å². The number of anilines is 1. The van der Waals surface area contributed by atoms with Crippen LogP contribution in [0, 0.1) is 0 Å². The molecular formula is C14H18N4. The van der Waals surface area contributed by atoms with E-state index in [1.165, 1.54) is 31.5 Å². The van der Waals surface area contributed by atoms with Crippen LogP contribution >= 0.6 is 0 Å². The molecule has 18 heavy (non-hydrogen) atoms. The fraction of sp³-hybridized carbons (Fsp3) is 0.429. The van der Waals surface area contributed by atoms with Crippen molar-refractivity contribution in [2.45, 2.75) is 32.2 Å². The summed E-state index contributed by atoms with van der Waals surface area (Å²) in [5.74, 6) is 0. The minimum atomic E-state index is 0.652. The molecule has 0 unspecified atom stereocenters. The van der Waals surface area contributed by atoms with Crippen LogP contribution in [0.2, 0.25) is 0 Å². The second-order valence-corrected chi connectivity index (χ2v) is 4.92. The highest BCUT2D eigenvalue weighted by Crippen LogP contribution is 2.25. The summed E-state index contributed by atoms with van der Waals surface area (Å²) in [5, 5.41) is 7.65. The first kappa shape index (κ1) is 11.3. The number of rotatable bonds is 2. The summed E-state index contributed by atoms with van der Waals surface area (Å²) in [6.07, 6.45) is 7.40. The van der Waals surface area contributed by atoms with Crippen molar-refractivity contribution in [1.29, 1.82) is 0 Å². The van der Waals surface area contributed by atoms with Crippen LogP contribution in [0.25, 0.3) is 5.69 Å². The first-order valence-corrected chi connectivity index (χ1v) is 6.56. The fourth-order valence-corrected chi connectivity index (χ4v) is 2.63. The van der Waals surface area contributed by atoms with E-state index in [2.05, 4.69) is 46.3 Å². The zero-order valence-electron chi connectivity index (χ0n) is 10.7. The van der Waals surface area contributed by atoms with Crippen LogP contribution in [-0.2, 0) is 0 Å². The maximum atomic E-state index is 3.83. The van der Waals surface area contributed by atoms with E-state index in [0.29, 0.717) is 6.04 Å². The lowest BCUT2D eigenvalue weighted by Gasteiger charge is -2.35. The largest absolute Gasteiger partial charge is 0.369 e. The number of aromatic nitrogens is 3. The van der Waals surface area contributed by atoms with Gasteiger partial charge in [-0.3, -0.25) is 4.57 Å². The molecule has 0 amide bonds. The third-order valence-electron chi connectivity index (χ3n) is 3.70. The standard InChI is InChI=1S/C14H18N4/c1-12-4-2-3-9-18(12)14-7-5-13(6-8-14)17-10-15-16-11-17/h5-8,10-12H,2-4,9H2,1H3/t12-/m0/s1. The minimum Gasteiger partial charge on any atom is -0.369 e. The van der Waals surface area contributed by atoms with E-state index in [4.69, 9.17) is 0 Å². The Kier molecular flexibility index (Phi) is 3.00. The molecule has 0 N–H and O–H groups in total. The fourth-order valence-electron chi connectivity index (χ4n) is 2.63. The Morgan fingerprint density at radius 1 is 1.00 bits per heavy atom. The van der Waals surface area contributed by atoms with E-state index >= 15 is 0 Å². The summed E-state index contributed by atoms with van der Waals surface area (Å²) in [7, 11) is 0. The first-order chi connectivity index (χ1) is 8.84. The number of nitrogens with zero attached hydrogens (tertiary/aromatic N) is 4. The molecule has 1 fully saturated rings. The molecule has 0 radical (unpaired) electrons. The van der Waals surface area contributed by atoms with Crippen LogP contribution in [0.3, 0.4) is 0 Å². The summed E-state index contributed by atoms with van der Waals surface area (Å²) in [4.78, 5) is 2.50. The van der Waals surface area contributed by atoms with Crippen molar-refractivity contribution in [1.82, 2.24) is 14.8 Å². The van der Waals surface area contributed by atoms with E-state index in [0.717, 1.165) is 5.69 Å². The van der Waals surface area contributed by atoms with Crippen LogP contribution < -0.4 is 4.90 Å². The molecule has 0 spiro atoms. The molecule has 1 saturated heterocycles. The molecule has 0 bridgehead atoms. The van der Waals surface area contributed by atoms with E-state index < -0.39 is 0 Å². The smallest absolute Gasteiger partial charge is 0.123 e. The lowest BCUT2D eigenvalue weighted by atomic mass is 10.0. The van der Waals surface area contributed by atoms with Crippen molar-refractivity contribution < 1.29 is 0 Å². The molecule has 0 aliphatic carbocycles. The third-order valence-corrected chi connectivity index (χ3v) is 3.70. The number of hydrogen-bond donors (Lipinski definition) is 0. The van der Waals surface area contributed by atoms with Gasteiger partial charge in [-0.15, -0.1) is 10.2 Å². The molecule has 1 aromatic carbocycles. The average Bonchev–Trinajstić information content (AvgIpc) is 2.94. The maximum Gasteiger partial charge on any atom is 0.123 e. The lowest BCUT2D eigenvalue weighted by molar-refractivity contribution is 0.485. The summed E-state index contributed by atoms with van der Waals surface area (Å²) in [6.45, 7) is 3.49. The van der Waals surface area contributed by atoms with Crippen LogP contribution in [-0.4, -0.2) is 27.4 Å². The van der Waals surface area contributed by atoms with Gasteiger partial charge in [-0.1, -0.05) is 0 Å². The number of hydrogen-bond acceptors (Lipinski definition) is 3. The summed E-state index contributed by atoms with van der Waals surface area (Å²) >= 11 is 0. The van der Waals surface area contributed by atoms with Crippen molar-refractivity contribution in [2.24, 2.45) is 0 Å². The second kappa shape index (κ2) is 4.80. The monoisotopic (exact) mass is 242 g/mol. The van der Waals surface area contributed by atoms with Gasteiger partial charge in [0.05, 0.1) is 0 Å². The Balaban J connectivity index is 1.82. The van der Waals surface area contributed by atoms with E-state index in [-0.39, 0.29) is 0 Å². The molecule has 2 aromatic rings. The zero-order valence-corrected chi connectivity index (χ0v) is 10.7. The van der Waals surface area contributed by atoms with Crippen LogP contribution in [0.15, 0.2) is 36.9 Å². The van der Waals surface area contributed by atoms with Crippen LogP contribution in [0.4, 0.5) is 5.69 Å². The van der Waals surface area contributed by atoms with Crippen molar-refractivity contribution in [2.75, 3.05) is 11.4 Å². The molecular weight excluding hydrogens is 224 g/mol. The topological polar surface area (TPSA) is 34.0 Å². The van der Waals surface area contributed by atoms with Gasteiger partial charge in [0.25, 0.3) is 0 Å². The Labute approximate surface area is 107 Å². The molecule has 1 aliphatic rings. The Bertz CT molecular complexity index is 489. The SMILES string of the molecule is C[C@H]1CCCCN1c1ccc(-n2cnnc2)cc1. The highest BCUT2D eigenvalue weighted by molar-refractivity contribution is 5.51. The van der Waals surface area contributed by atoms with E-state index in [1.54, 1.807) is 12.7 Å². The maximum absolute atomic E-state index is 3.83. The molecule has 1 aromatic heterocycles. The van der Waals surface area contributed by atoms with Crippen molar-refractivity contribution in [3.05, 3.63) is 36.9 Å². The van der Waals surface area contributed by atoms with E-state index in [1.807, 2.05) is 4.57 Å². The van der Waals surface area contributed by atoms with Gasteiger partial charge in [0.15, 0.2) is 0 Å². The zero-order chi connectivity index (χ0) is 12.4. The molecule has 94 valence electrons. The number of benzene rings is 1. The average molecular weight is 242 g/mol. The molecule has 4 heteroatoms. The van der Waals surface area contributed by atoms with E-state index in [9.17, 15) is 0 Å². The lowest BCUT2D eigenvalue weighted by Crippen LogP contribution is -2.37. The molecule has 1 aliphatic heterocycles. The van der Waals surface area contributed by atoms with Crippen molar-refractivity contribution in [3.8, 4) is 5.69 Å². The highest BCUT2D eigenvalue weighted by atomic mass is 15.2. The first-order valence-electron chi connectivity index (χ1n) is 6.56. The normalized spacial score (nSPS) is 20.1. The quantitative estimate of drug-likeness (QED) is 0.812. The minimum absolute atomic E-state index is 0.652. The van der Waals surface area contributed by atoms with Gasteiger partial charge in [-0.2, -0.15) is 0 Å². The van der Waals surface area contributed by atoms with Crippen molar-refractivity contribution in [3.63, 3.8) is 0 Å². The summed E-state index contributed by atoms with van der Waals surface area (Å²) in [5.41, 5.74) is 2.42. The molecule has 0 saturated carbocycles.